The summed E-state index contributed by atoms with van der Waals surface area (Å²) in [6, 6.07) is -1.30. The monoisotopic (exact) mass is 662 g/mol. The Labute approximate surface area is 252 Å². The van der Waals surface area contributed by atoms with Crippen LogP contribution >= 0.6 is 27.5 Å². The number of cyclic esters (lactones) is 1. The highest BCUT2D eigenvalue weighted by Gasteiger charge is 2.51. The van der Waals surface area contributed by atoms with Gasteiger partial charge in [-0.1, -0.05) is 29.1 Å². The van der Waals surface area contributed by atoms with Gasteiger partial charge in [-0.15, -0.1) is 0 Å². The Morgan fingerprint density at radius 2 is 1.66 bits per heavy atom. The molecule has 228 valence electrons. The van der Waals surface area contributed by atoms with E-state index >= 15 is 0 Å². The molecule has 0 aromatic rings. The summed E-state index contributed by atoms with van der Waals surface area (Å²) in [5.41, 5.74) is -0.220. The van der Waals surface area contributed by atoms with Crippen LogP contribution in [0.25, 0.3) is 0 Å². The van der Waals surface area contributed by atoms with Gasteiger partial charge in [0.15, 0.2) is 5.60 Å². The summed E-state index contributed by atoms with van der Waals surface area (Å²) in [6.45, 7) is 12.8. The lowest BCUT2D eigenvalue weighted by Gasteiger charge is -2.39. The molecule has 3 fully saturated rings. The van der Waals surface area contributed by atoms with Crippen LogP contribution < -0.4 is 4.99 Å². The zero-order chi connectivity index (χ0) is 31.5. The van der Waals surface area contributed by atoms with E-state index < -0.39 is 28.8 Å². The van der Waals surface area contributed by atoms with Gasteiger partial charge < -0.3 is 24.7 Å². The molecule has 41 heavy (non-hydrogen) atoms. The number of nitrogens with zero attached hydrogens (tertiary/aromatic N) is 2. The van der Waals surface area contributed by atoms with Crippen LogP contribution in [0.3, 0.4) is 0 Å². The molecule has 4 heterocycles. The van der Waals surface area contributed by atoms with Gasteiger partial charge >= 0.3 is 17.9 Å². The summed E-state index contributed by atoms with van der Waals surface area (Å²) >= 11 is 8.08. The summed E-state index contributed by atoms with van der Waals surface area (Å²) in [6.07, 6.45) is 6.34. The van der Waals surface area contributed by atoms with Gasteiger partial charge in [-0.05, 0) is 58.1 Å². The Morgan fingerprint density at radius 3 is 2.07 bits per heavy atom. The number of alkyl halides is 1. The molecule has 0 saturated carbocycles. The average Bonchev–Trinajstić information content (AvgIpc) is 3.69. The second kappa shape index (κ2) is 16.4. The van der Waals surface area contributed by atoms with Crippen LogP contribution in [0.1, 0.15) is 59.3 Å². The predicted octanol–water partition coefficient (Wildman–Crippen LogP) is 1.04. The minimum Gasteiger partial charge on any atom is -0.480 e. The van der Waals surface area contributed by atoms with E-state index in [0.717, 1.165) is 32.1 Å². The average molecular weight is 664 g/mol. The molecule has 4 atom stereocenters. The Bertz CT molecular complexity index is 1080. The summed E-state index contributed by atoms with van der Waals surface area (Å²) in [5.74, 6) is -2.25. The minimum atomic E-state index is -1.00. The zero-order valence-corrected chi connectivity index (χ0v) is 25.8. The zero-order valence-electron chi connectivity index (χ0n) is 23.5. The highest BCUT2D eigenvalue weighted by Crippen LogP contribution is 2.31. The van der Waals surface area contributed by atoms with Gasteiger partial charge in [-0.25, -0.2) is 19.4 Å². The summed E-state index contributed by atoms with van der Waals surface area (Å²) in [5, 5.41) is 17.0. The third-order valence-electron chi connectivity index (χ3n) is 6.54. The standard InChI is InChI=1S/C9H12BrNO3.C9H13NO3.C5H7NO2.C4H5ClO/c1-9(5-10)8(13)11-4-2-3-6(11)7(12)14-9;1-6(2)8(11)10-5-3-4-7(10)9(12)13;7-5(8)4-2-1-3-6-4;1-3(2)4(5)6/h6H,2-5H2,1H3;7H,1,3-5H2,2H3,(H,12,13);3-4H,1-2H2,(H,7,8);1H2,2H3/p+1/t6-,9+;7-;4-;/m111./s1. The van der Waals surface area contributed by atoms with Crippen LogP contribution in [0.15, 0.2) is 24.3 Å². The quantitative estimate of drug-likeness (QED) is 0.168. The number of allylic oxidation sites excluding steroid dienone is 1. The van der Waals surface area contributed by atoms with Gasteiger partial charge in [0, 0.05) is 37.1 Å². The SMILES string of the molecule is C=C(C)C(=O)Cl.C=C(C)C(=O)N1CCC[C@@H]1C(=O)O.C[C@@]1(CBr)OC(=O)[C@H]2CCCN2C1=O.O=C(O)[C@H]1CCC=[NH+]1. The summed E-state index contributed by atoms with van der Waals surface area (Å²) in [4.78, 5) is 71.3. The number of carbonyl (C=O) groups is 6. The van der Waals surface area contributed by atoms with Crippen LogP contribution in [0.4, 0.5) is 0 Å². The number of halogens is 2. The highest BCUT2D eigenvalue weighted by atomic mass is 79.9. The third-order valence-corrected chi connectivity index (χ3v) is 7.93. The molecule has 4 rings (SSSR count). The molecule has 0 bridgehead atoms. The maximum absolute atomic E-state index is 11.9. The lowest BCUT2D eigenvalue weighted by Crippen LogP contribution is -2.75. The molecule has 0 aromatic carbocycles. The number of aliphatic carboxylic acids is 2. The van der Waals surface area contributed by atoms with E-state index in [1.54, 1.807) is 31.9 Å². The van der Waals surface area contributed by atoms with E-state index in [2.05, 4.69) is 34.1 Å². The number of amides is 2. The lowest BCUT2D eigenvalue weighted by molar-refractivity contribution is -0.476. The Kier molecular flexibility index (Phi) is 14.4. The fourth-order valence-corrected chi connectivity index (χ4v) is 4.60. The maximum Gasteiger partial charge on any atom is 0.372 e. The molecular weight excluding hydrogens is 626 g/mol. The van der Waals surface area contributed by atoms with Crippen molar-refractivity contribution in [2.75, 3.05) is 18.4 Å². The van der Waals surface area contributed by atoms with Crippen molar-refractivity contribution in [3.8, 4) is 0 Å². The topological polar surface area (TPSA) is 173 Å². The normalized spacial score (nSPS) is 25.7. The Hall–Kier alpha value is -3.06. The number of likely N-dealkylation sites (tertiary alicyclic amines) is 1. The van der Waals surface area contributed by atoms with Crippen molar-refractivity contribution in [2.45, 2.75) is 83.0 Å². The number of carboxylic acids is 2. The molecule has 0 aliphatic carbocycles. The van der Waals surface area contributed by atoms with E-state index in [1.165, 1.54) is 4.90 Å². The number of carbonyl (C=O) groups excluding carboxylic acids is 4. The second-order valence-electron chi connectivity index (χ2n) is 10.1. The number of hydrogen-bond acceptors (Lipinski definition) is 7. The van der Waals surface area contributed by atoms with Crippen LogP contribution in [0.5, 0.6) is 0 Å². The van der Waals surface area contributed by atoms with E-state index in [0.29, 0.717) is 36.0 Å². The van der Waals surface area contributed by atoms with Crippen LogP contribution in [-0.2, 0) is 33.5 Å². The Morgan fingerprint density at radius 1 is 1.07 bits per heavy atom. The molecular formula is C27H38BrClN3O9+. The second-order valence-corrected chi connectivity index (χ2v) is 11.0. The van der Waals surface area contributed by atoms with Gasteiger partial charge in [0.2, 0.25) is 17.2 Å². The summed E-state index contributed by atoms with van der Waals surface area (Å²) in [7, 11) is 0. The fourth-order valence-electron chi connectivity index (χ4n) is 4.24. The molecule has 3 saturated heterocycles. The van der Waals surface area contributed by atoms with E-state index in [9.17, 15) is 28.8 Å². The molecule has 0 radical (unpaired) electrons. The van der Waals surface area contributed by atoms with Crippen molar-refractivity contribution in [1.29, 1.82) is 0 Å². The smallest absolute Gasteiger partial charge is 0.372 e. The molecule has 14 heteroatoms. The number of carboxylic acid groups (broad SMARTS) is 2. The van der Waals surface area contributed by atoms with Gasteiger partial charge in [-0.2, -0.15) is 0 Å². The third kappa shape index (κ3) is 10.4. The van der Waals surface area contributed by atoms with Crippen LogP contribution in [0, 0.1) is 0 Å². The first-order valence-corrected chi connectivity index (χ1v) is 14.5. The largest absolute Gasteiger partial charge is 0.480 e. The van der Waals surface area contributed by atoms with Gasteiger partial charge in [0.25, 0.3) is 5.91 Å². The number of fused-ring (bicyclic) bond motifs is 1. The molecule has 4 aliphatic rings. The molecule has 2 amide bonds. The highest BCUT2D eigenvalue weighted by molar-refractivity contribution is 9.09. The first kappa shape index (κ1) is 36.0. The number of ether oxygens (including phenoxy) is 1. The van der Waals surface area contributed by atoms with E-state index in [1.807, 2.05) is 0 Å². The number of hydrogen-bond donors (Lipinski definition) is 3. The van der Waals surface area contributed by atoms with Gasteiger partial charge in [0.1, 0.15) is 18.3 Å². The van der Waals surface area contributed by atoms with Crippen molar-refractivity contribution in [3.05, 3.63) is 24.3 Å². The predicted molar refractivity (Wildman–Crippen MR) is 154 cm³/mol. The number of rotatable bonds is 5. The minimum absolute atomic E-state index is 0.0727. The number of morpholine rings is 1. The number of esters is 1. The molecule has 0 aromatic heterocycles. The van der Waals surface area contributed by atoms with E-state index in [4.69, 9.17) is 26.6 Å². The van der Waals surface area contributed by atoms with E-state index in [-0.39, 0.29) is 29.9 Å². The molecule has 12 nitrogen and oxygen atoms in total. The van der Waals surface area contributed by atoms with Crippen molar-refractivity contribution in [3.63, 3.8) is 0 Å². The summed E-state index contributed by atoms with van der Waals surface area (Å²) < 4.78 is 5.17. The molecule has 3 N–H and O–H groups in total. The van der Waals surface area contributed by atoms with Crippen LogP contribution in [-0.4, -0.2) is 103 Å². The first-order valence-electron chi connectivity index (χ1n) is 13.0. The van der Waals surface area contributed by atoms with Crippen LogP contribution in [0.2, 0.25) is 0 Å². The molecule has 0 unspecified atom stereocenters. The lowest BCUT2D eigenvalue weighted by atomic mass is 10.0. The van der Waals surface area contributed by atoms with Gasteiger partial charge in [-0.3, -0.25) is 14.4 Å². The van der Waals surface area contributed by atoms with Crippen molar-refractivity contribution in [2.24, 2.45) is 0 Å². The fraction of sp³-hybridized carbons (Fsp3) is 0.593. The Balaban J connectivity index is 0.000000288. The molecule has 0 spiro atoms. The maximum atomic E-state index is 11.9. The first-order chi connectivity index (χ1) is 19.1. The molecule has 4 aliphatic heterocycles. The van der Waals surface area contributed by atoms with Crippen molar-refractivity contribution in [1.82, 2.24) is 9.80 Å². The van der Waals surface area contributed by atoms with Crippen molar-refractivity contribution < 1.29 is 48.7 Å². The number of nitrogens with one attached hydrogen (secondary N) is 1. The van der Waals surface area contributed by atoms with Crippen molar-refractivity contribution >= 4 is 68.7 Å². The van der Waals surface area contributed by atoms with Gasteiger partial charge in [0.05, 0.1) is 5.33 Å².